The van der Waals surface area contributed by atoms with Crippen LogP contribution in [0.4, 0.5) is 5.69 Å². The fourth-order valence-corrected chi connectivity index (χ4v) is 5.37. The molecule has 1 fully saturated rings. The van der Waals surface area contributed by atoms with Crippen LogP contribution in [0.3, 0.4) is 0 Å². The van der Waals surface area contributed by atoms with E-state index >= 15 is 0 Å². The van der Waals surface area contributed by atoms with Gasteiger partial charge in [-0.25, -0.2) is 0 Å². The number of rotatable bonds is 9. The number of anilines is 1. The Hall–Kier alpha value is -3.88. The Morgan fingerprint density at radius 3 is 2.74 bits per heavy atom. The first kappa shape index (κ1) is 25.8. The summed E-state index contributed by atoms with van der Waals surface area (Å²) in [6.45, 7) is 7.60. The molecule has 2 aromatic carbocycles. The van der Waals surface area contributed by atoms with Gasteiger partial charge in [-0.15, -0.1) is 0 Å². The number of aromatic amines is 1. The number of fused-ring (bicyclic) bond motifs is 1. The Kier molecular flexibility index (Phi) is 7.62. The minimum atomic E-state index is -0.191. The lowest BCUT2D eigenvalue weighted by molar-refractivity contribution is -0.110. The largest absolute Gasteiger partial charge is 0.491 e. The summed E-state index contributed by atoms with van der Waals surface area (Å²) in [5.41, 5.74) is 6.81. The zero-order chi connectivity index (χ0) is 26.6. The van der Waals surface area contributed by atoms with Crippen LogP contribution in [0, 0.1) is 13.8 Å². The van der Waals surface area contributed by atoms with Crippen LogP contribution in [0.15, 0.2) is 42.5 Å². The van der Waals surface area contributed by atoms with Gasteiger partial charge in [-0.1, -0.05) is 24.3 Å². The highest BCUT2D eigenvalue weighted by Crippen LogP contribution is 2.41. The summed E-state index contributed by atoms with van der Waals surface area (Å²) in [5, 5.41) is 15.1. The highest BCUT2D eigenvalue weighted by Gasteiger charge is 2.28. The Morgan fingerprint density at radius 1 is 1.16 bits per heavy atom. The number of hydrogen-bond acceptors (Lipinski definition) is 5. The van der Waals surface area contributed by atoms with Crippen molar-refractivity contribution < 1.29 is 19.4 Å². The molecule has 1 saturated heterocycles. The number of likely N-dealkylation sites (tertiary alicyclic amines) is 1. The van der Waals surface area contributed by atoms with E-state index in [1.165, 1.54) is 12.8 Å². The van der Waals surface area contributed by atoms with Crippen molar-refractivity contribution in [2.45, 2.75) is 26.7 Å². The van der Waals surface area contributed by atoms with E-state index in [9.17, 15) is 9.59 Å². The highest BCUT2D eigenvalue weighted by atomic mass is 16.5. The van der Waals surface area contributed by atoms with E-state index in [1.54, 1.807) is 0 Å². The highest BCUT2D eigenvalue weighted by molar-refractivity contribution is 6.36. The lowest BCUT2D eigenvalue weighted by Gasteiger charge is -2.14. The van der Waals surface area contributed by atoms with Gasteiger partial charge in [0.25, 0.3) is 11.8 Å². The quantitative estimate of drug-likeness (QED) is 0.323. The molecule has 8 nitrogen and oxygen atoms in total. The average molecular weight is 515 g/mol. The smallest absolute Gasteiger partial charge is 0.256 e. The average Bonchev–Trinajstić information content (AvgIpc) is 3.61. The minimum absolute atomic E-state index is 0.0658. The van der Waals surface area contributed by atoms with Gasteiger partial charge in [0.2, 0.25) is 0 Å². The Bertz CT molecular complexity index is 1380. The number of aromatic nitrogens is 1. The summed E-state index contributed by atoms with van der Waals surface area (Å²) in [7, 11) is 0. The van der Waals surface area contributed by atoms with Crippen LogP contribution in [0.25, 0.3) is 22.8 Å². The second-order valence-corrected chi connectivity index (χ2v) is 9.81. The zero-order valence-electron chi connectivity index (χ0n) is 21.9. The number of aliphatic hydroxyl groups is 1. The number of carbonyl (C=O) groups excluding carboxylic acids is 2. The molecule has 38 heavy (non-hydrogen) atoms. The molecule has 5 rings (SSSR count). The van der Waals surface area contributed by atoms with Gasteiger partial charge in [-0.3, -0.25) is 9.59 Å². The minimum Gasteiger partial charge on any atom is -0.491 e. The number of aliphatic hydroxyl groups excluding tert-OH is 1. The van der Waals surface area contributed by atoms with Gasteiger partial charge < -0.3 is 30.4 Å². The summed E-state index contributed by atoms with van der Waals surface area (Å²) >= 11 is 0. The number of carbonyl (C=O) groups is 2. The third kappa shape index (κ3) is 5.23. The van der Waals surface area contributed by atoms with Gasteiger partial charge in [0.1, 0.15) is 12.4 Å². The van der Waals surface area contributed by atoms with Crippen LogP contribution in [-0.2, 0) is 4.79 Å². The van der Waals surface area contributed by atoms with Gasteiger partial charge in [-0.2, -0.15) is 0 Å². The van der Waals surface area contributed by atoms with E-state index in [0.717, 1.165) is 59.0 Å². The standard InChI is InChI=1S/C30H34N4O4/c1-19-26(32-20(2)27(19)30(37)31-11-14-34-12-3-4-13-34)18-24-28-23(9-6-10-25(28)33-29(24)36)21-7-5-8-22(17-21)38-16-15-35/h5-10,17-18,32,35H,3-4,11-16H2,1-2H3,(H,31,37)(H,33,36). The molecule has 0 radical (unpaired) electrons. The molecule has 3 heterocycles. The molecule has 0 saturated carbocycles. The molecule has 2 aliphatic rings. The van der Waals surface area contributed by atoms with Gasteiger partial charge in [-0.05, 0) is 80.7 Å². The first-order valence-electron chi connectivity index (χ1n) is 13.2. The monoisotopic (exact) mass is 514 g/mol. The predicted octanol–water partition coefficient (Wildman–Crippen LogP) is 3.99. The predicted molar refractivity (Wildman–Crippen MR) is 149 cm³/mol. The molecule has 0 spiro atoms. The van der Waals surface area contributed by atoms with Crippen molar-refractivity contribution >= 4 is 29.2 Å². The van der Waals surface area contributed by atoms with Gasteiger partial charge in [0.15, 0.2) is 0 Å². The Balaban J connectivity index is 1.44. The van der Waals surface area contributed by atoms with Crippen molar-refractivity contribution in [1.29, 1.82) is 0 Å². The molecular weight excluding hydrogens is 480 g/mol. The molecule has 2 aliphatic heterocycles. The molecule has 1 aromatic heterocycles. The molecule has 8 heteroatoms. The van der Waals surface area contributed by atoms with E-state index in [-0.39, 0.29) is 25.0 Å². The van der Waals surface area contributed by atoms with E-state index in [4.69, 9.17) is 9.84 Å². The molecular formula is C30H34N4O4. The van der Waals surface area contributed by atoms with E-state index in [0.29, 0.717) is 23.4 Å². The lowest BCUT2D eigenvalue weighted by Crippen LogP contribution is -2.33. The topological polar surface area (TPSA) is 107 Å². The molecule has 2 amide bonds. The van der Waals surface area contributed by atoms with E-state index < -0.39 is 0 Å². The maximum Gasteiger partial charge on any atom is 0.256 e. The Morgan fingerprint density at radius 2 is 1.95 bits per heavy atom. The van der Waals surface area contributed by atoms with Gasteiger partial charge in [0, 0.05) is 35.7 Å². The molecule has 198 valence electrons. The normalized spacial score (nSPS) is 16.1. The fraction of sp³-hybridized carbons (Fsp3) is 0.333. The van der Waals surface area contributed by atoms with Crippen molar-refractivity contribution in [3.8, 4) is 16.9 Å². The lowest BCUT2D eigenvalue weighted by atomic mass is 9.94. The van der Waals surface area contributed by atoms with Gasteiger partial charge >= 0.3 is 0 Å². The van der Waals surface area contributed by atoms with Gasteiger partial charge in [0.05, 0.1) is 17.7 Å². The number of H-pyrrole nitrogens is 1. The van der Waals surface area contributed by atoms with Crippen molar-refractivity contribution in [1.82, 2.24) is 15.2 Å². The van der Waals surface area contributed by atoms with Crippen LogP contribution < -0.4 is 15.4 Å². The molecule has 4 N–H and O–H groups in total. The summed E-state index contributed by atoms with van der Waals surface area (Å²) in [6.07, 6.45) is 4.28. The van der Waals surface area contributed by atoms with Crippen molar-refractivity contribution in [3.63, 3.8) is 0 Å². The maximum atomic E-state index is 13.1. The summed E-state index contributed by atoms with van der Waals surface area (Å²) in [5.74, 6) is 0.355. The summed E-state index contributed by atoms with van der Waals surface area (Å²) < 4.78 is 5.60. The van der Waals surface area contributed by atoms with Crippen LogP contribution in [-0.4, -0.2) is 66.2 Å². The number of benzene rings is 2. The summed E-state index contributed by atoms with van der Waals surface area (Å²) in [6, 6.07) is 13.4. The zero-order valence-corrected chi connectivity index (χ0v) is 21.9. The van der Waals surface area contributed by atoms with Crippen LogP contribution >= 0.6 is 0 Å². The number of ether oxygens (including phenoxy) is 1. The van der Waals surface area contributed by atoms with Crippen molar-refractivity contribution in [2.24, 2.45) is 0 Å². The van der Waals surface area contributed by atoms with Crippen molar-refractivity contribution in [3.05, 3.63) is 70.5 Å². The Labute approximate surface area is 222 Å². The van der Waals surface area contributed by atoms with Crippen LogP contribution in [0.2, 0.25) is 0 Å². The van der Waals surface area contributed by atoms with Crippen molar-refractivity contribution in [2.75, 3.05) is 44.7 Å². The second-order valence-electron chi connectivity index (χ2n) is 9.81. The third-order valence-corrected chi connectivity index (χ3v) is 7.24. The summed E-state index contributed by atoms with van der Waals surface area (Å²) in [4.78, 5) is 31.8. The van der Waals surface area contributed by atoms with E-state index in [2.05, 4.69) is 20.5 Å². The van der Waals surface area contributed by atoms with Crippen LogP contribution in [0.5, 0.6) is 5.75 Å². The maximum absolute atomic E-state index is 13.1. The second kappa shape index (κ2) is 11.2. The van der Waals surface area contributed by atoms with Crippen LogP contribution in [0.1, 0.15) is 45.7 Å². The molecule has 0 bridgehead atoms. The number of nitrogens with zero attached hydrogens (tertiary/aromatic N) is 1. The fourth-order valence-electron chi connectivity index (χ4n) is 5.37. The molecule has 3 aromatic rings. The number of hydrogen-bond donors (Lipinski definition) is 4. The van der Waals surface area contributed by atoms with E-state index in [1.807, 2.05) is 62.4 Å². The first-order valence-corrected chi connectivity index (χ1v) is 13.2. The molecule has 0 unspecified atom stereocenters. The number of amides is 2. The molecule has 0 atom stereocenters. The molecule has 0 aliphatic carbocycles. The number of nitrogens with one attached hydrogen (secondary N) is 3. The third-order valence-electron chi connectivity index (χ3n) is 7.24. The number of aryl methyl sites for hydroxylation is 1. The SMILES string of the molecule is Cc1[nH]c(C=C2C(=O)Nc3cccc(-c4cccc(OCCO)c4)c32)c(C)c1C(=O)NCCN1CCCC1. The first-order chi connectivity index (χ1) is 18.5.